The van der Waals surface area contributed by atoms with Gasteiger partial charge in [0.15, 0.2) is 0 Å². The van der Waals surface area contributed by atoms with Crippen LogP contribution in [0.1, 0.15) is 56.7 Å². The molecule has 2 rings (SSSR count). The van der Waals surface area contributed by atoms with Crippen LogP contribution >= 0.6 is 0 Å². The number of nitrogens with one attached hydrogen (secondary N) is 1. The highest BCUT2D eigenvalue weighted by Crippen LogP contribution is 2.27. The maximum atomic E-state index is 6.13. The molecule has 0 spiro atoms. The Hall–Kier alpha value is -0.860. The molecule has 1 fully saturated rings. The number of hydrogen-bond acceptors (Lipinski definition) is 2. The molecular formula is C18H29NO. The highest BCUT2D eigenvalue weighted by atomic mass is 16.5. The van der Waals surface area contributed by atoms with E-state index in [9.17, 15) is 0 Å². The minimum absolute atomic E-state index is 0.216. The molecule has 0 radical (unpaired) electrons. The maximum absolute atomic E-state index is 6.13. The van der Waals surface area contributed by atoms with Gasteiger partial charge >= 0.3 is 0 Å². The van der Waals surface area contributed by atoms with Crippen LogP contribution in [0.3, 0.4) is 0 Å². The molecule has 20 heavy (non-hydrogen) atoms. The third kappa shape index (κ3) is 4.07. The molecule has 0 heterocycles. The molecule has 1 aliphatic carbocycles. The fraction of sp³-hybridized carbons (Fsp3) is 0.667. The van der Waals surface area contributed by atoms with Gasteiger partial charge in [0.05, 0.1) is 12.1 Å². The Bertz CT molecular complexity index is 381. The number of likely N-dealkylation sites (N-methyl/N-ethyl adjacent to an activating group) is 1. The molecule has 2 nitrogen and oxygen atoms in total. The first kappa shape index (κ1) is 15.5. The second kappa shape index (κ2) is 7.80. The van der Waals surface area contributed by atoms with Gasteiger partial charge in [-0.15, -0.1) is 0 Å². The van der Waals surface area contributed by atoms with Crippen molar-refractivity contribution in [2.75, 3.05) is 13.7 Å². The summed E-state index contributed by atoms with van der Waals surface area (Å²) in [6, 6.07) is 9.19. The molecule has 0 aromatic heterocycles. The third-order valence-electron chi connectivity index (χ3n) is 4.60. The van der Waals surface area contributed by atoms with Gasteiger partial charge in [-0.05, 0) is 50.3 Å². The summed E-state index contributed by atoms with van der Waals surface area (Å²) in [5.41, 5.74) is 2.71. The first-order valence-corrected chi connectivity index (χ1v) is 8.12. The number of benzene rings is 1. The van der Waals surface area contributed by atoms with Crippen LogP contribution in [0.2, 0.25) is 0 Å². The summed E-state index contributed by atoms with van der Waals surface area (Å²) in [5.74, 6) is 0.789. The van der Waals surface area contributed by atoms with Gasteiger partial charge in [-0.3, -0.25) is 0 Å². The second-order valence-electron chi connectivity index (χ2n) is 6.05. The van der Waals surface area contributed by atoms with Gasteiger partial charge in [-0.2, -0.15) is 0 Å². The lowest BCUT2D eigenvalue weighted by atomic mass is 10.00. The van der Waals surface area contributed by atoms with Gasteiger partial charge in [0, 0.05) is 6.61 Å². The van der Waals surface area contributed by atoms with Gasteiger partial charge in [-0.25, -0.2) is 0 Å². The quantitative estimate of drug-likeness (QED) is 0.808. The van der Waals surface area contributed by atoms with Crippen LogP contribution in [0.4, 0.5) is 0 Å². The summed E-state index contributed by atoms with van der Waals surface area (Å²) < 4.78 is 6.13. The van der Waals surface area contributed by atoms with Crippen molar-refractivity contribution in [2.45, 2.75) is 58.1 Å². The molecule has 0 amide bonds. The first-order valence-electron chi connectivity index (χ1n) is 8.12. The lowest BCUT2D eigenvalue weighted by molar-refractivity contribution is 0.0194. The van der Waals surface area contributed by atoms with Crippen LogP contribution in [0.25, 0.3) is 0 Å². The molecule has 1 N–H and O–H groups in total. The number of hydrogen-bond donors (Lipinski definition) is 1. The maximum Gasteiger partial charge on any atom is 0.0741 e. The van der Waals surface area contributed by atoms with Gasteiger partial charge < -0.3 is 10.1 Å². The normalized spacial score (nSPS) is 19.1. The Morgan fingerprint density at radius 2 is 1.85 bits per heavy atom. The van der Waals surface area contributed by atoms with E-state index in [0.717, 1.165) is 18.9 Å². The van der Waals surface area contributed by atoms with Crippen LogP contribution < -0.4 is 5.32 Å². The average molecular weight is 275 g/mol. The number of aryl methyl sites for hydroxylation is 1. The summed E-state index contributed by atoms with van der Waals surface area (Å²) in [4.78, 5) is 0. The van der Waals surface area contributed by atoms with E-state index in [-0.39, 0.29) is 12.1 Å². The van der Waals surface area contributed by atoms with E-state index >= 15 is 0 Å². The summed E-state index contributed by atoms with van der Waals surface area (Å²) in [5, 5.41) is 3.41. The monoisotopic (exact) mass is 275 g/mol. The van der Waals surface area contributed by atoms with Crippen LogP contribution in [0.15, 0.2) is 24.3 Å². The molecule has 112 valence electrons. The molecule has 2 heteroatoms. The van der Waals surface area contributed by atoms with Crippen molar-refractivity contribution in [1.29, 1.82) is 0 Å². The molecule has 1 aromatic carbocycles. The van der Waals surface area contributed by atoms with Gasteiger partial charge in [0.1, 0.15) is 0 Å². The molecule has 0 bridgehead atoms. The molecule has 1 saturated carbocycles. The summed E-state index contributed by atoms with van der Waals surface area (Å²) in [7, 11) is 2.02. The van der Waals surface area contributed by atoms with Crippen molar-refractivity contribution in [3.05, 3.63) is 35.4 Å². The zero-order valence-corrected chi connectivity index (χ0v) is 13.2. The molecule has 0 saturated heterocycles. The van der Waals surface area contributed by atoms with Crippen LogP contribution in [-0.2, 0) is 11.2 Å². The van der Waals surface area contributed by atoms with Crippen LogP contribution in [0.5, 0.6) is 0 Å². The fourth-order valence-corrected chi connectivity index (χ4v) is 3.19. The predicted molar refractivity (Wildman–Crippen MR) is 85.0 cm³/mol. The smallest absolute Gasteiger partial charge is 0.0741 e. The molecule has 2 atom stereocenters. The second-order valence-corrected chi connectivity index (χ2v) is 6.05. The van der Waals surface area contributed by atoms with Crippen molar-refractivity contribution in [3.8, 4) is 0 Å². The Morgan fingerprint density at radius 3 is 2.40 bits per heavy atom. The van der Waals surface area contributed by atoms with Crippen molar-refractivity contribution >= 4 is 0 Å². The molecule has 1 aliphatic rings. The van der Waals surface area contributed by atoms with Crippen LogP contribution in [-0.4, -0.2) is 19.8 Å². The predicted octanol–water partition coefficient (Wildman–Crippen LogP) is 4.10. The van der Waals surface area contributed by atoms with Crippen molar-refractivity contribution in [3.63, 3.8) is 0 Å². The molecule has 1 aromatic rings. The van der Waals surface area contributed by atoms with E-state index in [2.05, 4.69) is 43.4 Å². The van der Waals surface area contributed by atoms with Crippen molar-refractivity contribution in [1.82, 2.24) is 5.32 Å². The Kier molecular flexibility index (Phi) is 6.06. The molecular weight excluding hydrogens is 246 g/mol. The Morgan fingerprint density at radius 1 is 1.20 bits per heavy atom. The minimum Gasteiger partial charge on any atom is -0.376 e. The standard InChI is InChI=1S/C18H29NO/c1-4-15-9-11-17(12-10-15)18(19-3)14(2)20-13-16-7-5-6-8-16/h9-12,14,16,18-19H,4-8,13H2,1-3H3. The highest BCUT2D eigenvalue weighted by Gasteiger charge is 2.21. The van der Waals surface area contributed by atoms with Crippen molar-refractivity contribution in [2.24, 2.45) is 5.92 Å². The largest absolute Gasteiger partial charge is 0.376 e. The van der Waals surface area contributed by atoms with E-state index < -0.39 is 0 Å². The third-order valence-corrected chi connectivity index (χ3v) is 4.60. The lowest BCUT2D eigenvalue weighted by Crippen LogP contribution is -2.30. The van der Waals surface area contributed by atoms with Gasteiger partial charge in [-0.1, -0.05) is 44.0 Å². The van der Waals surface area contributed by atoms with Gasteiger partial charge in [0.2, 0.25) is 0 Å². The van der Waals surface area contributed by atoms with E-state index in [1.807, 2.05) is 7.05 Å². The SMILES string of the molecule is CCc1ccc(C(NC)C(C)OCC2CCCC2)cc1. The highest BCUT2D eigenvalue weighted by molar-refractivity contribution is 5.25. The number of ether oxygens (including phenoxy) is 1. The number of rotatable bonds is 7. The molecule has 0 aliphatic heterocycles. The van der Waals surface area contributed by atoms with Gasteiger partial charge in [0.25, 0.3) is 0 Å². The zero-order chi connectivity index (χ0) is 14.4. The van der Waals surface area contributed by atoms with Crippen LogP contribution in [0, 0.1) is 5.92 Å². The molecule has 2 unspecified atom stereocenters. The Balaban J connectivity index is 1.91. The zero-order valence-electron chi connectivity index (χ0n) is 13.2. The Labute approximate surface area is 123 Å². The van der Waals surface area contributed by atoms with E-state index in [0.29, 0.717) is 0 Å². The van der Waals surface area contributed by atoms with E-state index in [1.165, 1.54) is 36.8 Å². The lowest BCUT2D eigenvalue weighted by Gasteiger charge is -2.25. The van der Waals surface area contributed by atoms with Crippen molar-refractivity contribution < 1.29 is 4.74 Å². The summed E-state index contributed by atoms with van der Waals surface area (Å²) >= 11 is 0. The topological polar surface area (TPSA) is 21.3 Å². The average Bonchev–Trinajstić information content (AvgIpc) is 3.00. The first-order chi connectivity index (χ1) is 9.74. The van der Waals surface area contributed by atoms with E-state index in [4.69, 9.17) is 4.74 Å². The van der Waals surface area contributed by atoms with E-state index in [1.54, 1.807) is 0 Å². The minimum atomic E-state index is 0.216. The summed E-state index contributed by atoms with van der Waals surface area (Å²) in [6.07, 6.45) is 6.78. The fourth-order valence-electron chi connectivity index (χ4n) is 3.19. The summed E-state index contributed by atoms with van der Waals surface area (Å²) in [6.45, 7) is 5.30.